The van der Waals surface area contributed by atoms with Gasteiger partial charge in [-0.05, 0) is 12.1 Å². The molecule has 2 rings (SSSR count). The summed E-state index contributed by atoms with van der Waals surface area (Å²) in [6.45, 7) is 0. The van der Waals surface area contributed by atoms with Crippen molar-refractivity contribution in [2.24, 2.45) is 0 Å². The lowest BCUT2D eigenvalue weighted by Gasteiger charge is -2.12. The average molecular weight is 280 g/mol. The van der Waals surface area contributed by atoms with Crippen LogP contribution in [0.2, 0.25) is 5.02 Å². The Morgan fingerprint density at radius 1 is 1.28 bits per heavy atom. The minimum Gasteiger partial charge on any atom is -0.396 e. The summed E-state index contributed by atoms with van der Waals surface area (Å²) in [5, 5.41) is 3.23. The largest absolute Gasteiger partial charge is 0.435 e. The van der Waals surface area contributed by atoms with Crippen LogP contribution in [0.15, 0.2) is 24.4 Å². The van der Waals surface area contributed by atoms with Crippen molar-refractivity contribution in [2.45, 2.75) is 6.18 Å². The van der Waals surface area contributed by atoms with Gasteiger partial charge in [0.2, 0.25) is 0 Å². The fraction of sp³-hybridized carbons (Fsp3) is 0.100. The summed E-state index contributed by atoms with van der Waals surface area (Å²) in [4.78, 5) is 0. The van der Waals surface area contributed by atoms with Gasteiger partial charge in [0.05, 0.1) is 16.9 Å². The standard InChI is InChI=1S/C10H6ClF4N3/c11-5-2-1-3-6(12)8(5)18-9(10(13,14)15)7(16)4-17-18/h1-4H,16H2. The number of nitrogen functional groups attached to an aromatic ring is 1. The SMILES string of the molecule is Nc1cnn(-c2c(F)cccc2Cl)c1C(F)(F)F. The minimum atomic E-state index is -4.76. The molecule has 0 amide bonds. The summed E-state index contributed by atoms with van der Waals surface area (Å²) in [5.41, 5.74) is 2.86. The van der Waals surface area contributed by atoms with E-state index in [-0.39, 0.29) is 5.02 Å². The smallest absolute Gasteiger partial charge is 0.396 e. The molecule has 0 atom stereocenters. The van der Waals surface area contributed by atoms with Gasteiger partial charge in [0, 0.05) is 0 Å². The summed E-state index contributed by atoms with van der Waals surface area (Å²) in [5.74, 6) is -0.920. The minimum absolute atomic E-state index is 0.191. The highest BCUT2D eigenvalue weighted by atomic mass is 35.5. The molecule has 0 bridgehead atoms. The summed E-state index contributed by atoms with van der Waals surface area (Å²) < 4.78 is 52.3. The Morgan fingerprint density at radius 3 is 2.50 bits per heavy atom. The molecule has 0 radical (unpaired) electrons. The average Bonchev–Trinajstić information content (AvgIpc) is 2.59. The van der Waals surface area contributed by atoms with Crippen molar-refractivity contribution in [1.82, 2.24) is 9.78 Å². The van der Waals surface area contributed by atoms with Crippen LogP contribution in [0, 0.1) is 5.82 Å². The number of halogens is 5. The molecule has 2 aromatic rings. The number of aromatic nitrogens is 2. The van der Waals surface area contributed by atoms with E-state index in [2.05, 4.69) is 5.10 Å². The molecule has 0 saturated carbocycles. The second kappa shape index (κ2) is 4.16. The molecular formula is C10H6ClF4N3. The normalized spacial score (nSPS) is 11.8. The van der Waals surface area contributed by atoms with Crippen LogP contribution in [0.3, 0.4) is 0 Å². The van der Waals surface area contributed by atoms with Crippen LogP contribution in [-0.4, -0.2) is 9.78 Å². The molecule has 2 N–H and O–H groups in total. The zero-order valence-corrected chi connectivity index (χ0v) is 9.43. The van der Waals surface area contributed by atoms with Crippen LogP contribution in [-0.2, 0) is 6.18 Å². The molecule has 8 heteroatoms. The molecule has 1 heterocycles. The van der Waals surface area contributed by atoms with Gasteiger partial charge in [-0.25, -0.2) is 9.07 Å². The molecule has 18 heavy (non-hydrogen) atoms. The predicted molar refractivity (Wildman–Crippen MR) is 57.9 cm³/mol. The molecule has 0 saturated heterocycles. The number of anilines is 1. The quantitative estimate of drug-likeness (QED) is 0.814. The van der Waals surface area contributed by atoms with Crippen molar-refractivity contribution in [3.05, 3.63) is 40.9 Å². The van der Waals surface area contributed by atoms with Gasteiger partial charge in [0.1, 0.15) is 11.5 Å². The van der Waals surface area contributed by atoms with Crippen LogP contribution < -0.4 is 5.73 Å². The van der Waals surface area contributed by atoms with E-state index in [1.807, 2.05) is 0 Å². The lowest BCUT2D eigenvalue weighted by atomic mass is 10.3. The second-order valence-electron chi connectivity index (χ2n) is 3.43. The monoisotopic (exact) mass is 279 g/mol. The first kappa shape index (κ1) is 12.7. The van der Waals surface area contributed by atoms with Gasteiger partial charge < -0.3 is 5.73 Å². The van der Waals surface area contributed by atoms with Crippen LogP contribution >= 0.6 is 11.6 Å². The summed E-state index contributed by atoms with van der Waals surface area (Å²) in [6.07, 6.45) is -3.96. The first-order valence-electron chi connectivity index (χ1n) is 4.67. The molecule has 0 spiro atoms. The van der Waals surface area contributed by atoms with Gasteiger partial charge in [0.25, 0.3) is 0 Å². The third-order valence-electron chi connectivity index (χ3n) is 2.22. The number of benzene rings is 1. The molecular weight excluding hydrogens is 274 g/mol. The van der Waals surface area contributed by atoms with E-state index >= 15 is 0 Å². The zero-order valence-electron chi connectivity index (χ0n) is 8.67. The number of nitrogens with two attached hydrogens (primary N) is 1. The van der Waals surface area contributed by atoms with Gasteiger partial charge in [-0.15, -0.1) is 0 Å². The molecule has 0 aliphatic heterocycles. The van der Waals surface area contributed by atoms with Crippen molar-refractivity contribution in [1.29, 1.82) is 0 Å². The Hall–Kier alpha value is -1.76. The van der Waals surface area contributed by atoms with Crippen LogP contribution in [0.25, 0.3) is 5.69 Å². The fourth-order valence-corrected chi connectivity index (χ4v) is 1.75. The highest BCUT2D eigenvalue weighted by Gasteiger charge is 2.39. The van der Waals surface area contributed by atoms with Gasteiger partial charge in [0.15, 0.2) is 5.69 Å². The van der Waals surface area contributed by atoms with Gasteiger partial charge >= 0.3 is 6.18 Å². The summed E-state index contributed by atoms with van der Waals surface area (Å²) in [7, 11) is 0. The Kier molecular flexibility index (Phi) is 2.94. The molecule has 0 aliphatic rings. The Morgan fingerprint density at radius 2 is 1.94 bits per heavy atom. The summed E-state index contributed by atoms with van der Waals surface area (Å²) in [6, 6.07) is 3.53. The fourth-order valence-electron chi connectivity index (χ4n) is 1.51. The number of rotatable bonds is 1. The van der Waals surface area contributed by atoms with E-state index in [4.69, 9.17) is 17.3 Å². The summed E-state index contributed by atoms with van der Waals surface area (Å²) >= 11 is 5.69. The van der Waals surface area contributed by atoms with Crippen LogP contribution in [0.1, 0.15) is 5.69 Å². The topological polar surface area (TPSA) is 43.8 Å². The van der Waals surface area contributed by atoms with Crippen molar-refractivity contribution in [3.63, 3.8) is 0 Å². The third kappa shape index (κ3) is 2.01. The molecule has 96 valence electrons. The number of hydrogen-bond acceptors (Lipinski definition) is 2. The molecule has 0 unspecified atom stereocenters. The van der Waals surface area contributed by atoms with Crippen molar-refractivity contribution in [2.75, 3.05) is 5.73 Å². The van der Waals surface area contributed by atoms with Gasteiger partial charge in [-0.1, -0.05) is 17.7 Å². The van der Waals surface area contributed by atoms with E-state index in [0.717, 1.165) is 12.3 Å². The van der Waals surface area contributed by atoms with Crippen molar-refractivity contribution < 1.29 is 17.6 Å². The molecule has 3 nitrogen and oxygen atoms in total. The zero-order chi connectivity index (χ0) is 13.5. The third-order valence-corrected chi connectivity index (χ3v) is 2.52. The lowest BCUT2D eigenvalue weighted by molar-refractivity contribution is -0.142. The maximum atomic E-state index is 13.6. The van der Waals surface area contributed by atoms with Crippen LogP contribution in [0.4, 0.5) is 23.2 Å². The maximum Gasteiger partial charge on any atom is 0.435 e. The number of alkyl halides is 3. The van der Waals surface area contributed by atoms with E-state index in [1.165, 1.54) is 12.1 Å². The maximum absolute atomic E-state index is 13.6. The van der Waals surface area contributed by atoms with Crippen LogP contribution in [0.5, 0.6) is 0 Å². The Bertz CT molecular complexity index is 571. The van der Waals surface area contributed by atoms with Gasteiger partial charge in [-0.2, -0.15) is 18.3 Å². The number of para-hydroxylation sites is 1. The molecule has 0 fully saturated rings. The van der Waals surface area contributed by atoms with E-state index in [9.17, 15) is 17.6 Å². The highest BCUT2D eigenvalue weighted by Crippen LogP contribution is 2.36. The Balaban J connectivity index is 2.74. The lowest BCUT2D eigenvalue weighted by Crippen LogP contribution is -2.16. The molecule has 1 aromatic carbocycles. The first-order valence-corrected chi connectivity index (χ1v) is 5.05. The number of hydrogen-bond donors (Lipinski definition) is 1. The predicted octanol–water partition coefficient (Wildman–Crippen LogP) is 3.27. The van der Waals surface area contributed by atoms with Crippen molar-refractivity contribution in [3.8, 4) is 5.69 Å². The van der Waals surface area contributed by atoms with Gasteiger partial charge in [-0.3, -0.25) is 0 Å². The van der Waals surface area contributed by atoms with E-state index in [0.29, 0.717) is 4.68 Å². The van der Waals surface area contributed by atoms with Crippen molar-refractivity contribution >= 4 is 17.3 Å². The highest BCUT2D eigenvalue weighted by molar-refractivity contribution is 6.32. The first-order chi connectivity index (χ1) is 8.32. The molecule has 0 aliphatic carbocycles. The molecule has 1 aromatic heterocycles. The number of nitrogens with zero attached hydrogens (tertiary/aromatic N) is 2. The Labute approximate surface area is 104 Å². The van der Waals surface area contributed by atoms with E-state index in [1.54, 1.807) is 0 Å². The van der Waals surface area contributed by atoms with E-state index < -0.39 is 29.1 Å². The second-order valence-corrected chi connectivity index (χ2v) is 3.84.